The number of hydrogen-bond donors (Lipinski definition) is 2. The Morgan fingerprint density at radius 1 is 1.09 bits per heavy atom. The third kappa shape index (κ3) is 5.02. The van der Waals surface area contributed by atoms with Gasteiger partial charge in [-0.15, -0.1) is 0 Å². The second kappa shape index (κ2) is 10.6. The van der Waals surface area contributed by atoms with Crippen LogP contribution in [0.5, 0.6) is 0 Å². The van der Waals surface area contributed by atoms with Crippen LogP contribution in [-0.4, -0.2) is 23.3 Å². The van der Waals surface area contributed by atoms with E-state index in [1.807, 2.05) is 6.07 Å². The fourth-order valence-electron chi connectivity index (χ4n) is 4.70. The number of pyridine rings is 1. The SMILES string of the molecule is CCCC(CCC)N1CC(c2ccccc2)Nc2c1ccnc2C(=N)c1ccc(Cl)cc1Cl. The summed E-state index contributed by atoms with van der Waals surface area (Å²) in [5.74, 6) is 0. The zero-order chi connectivity index (χ0) is 23.4. The molecule has 3 aromatic rings. The number of halogens is 2. The summed E-state index contributed by atoms with van der Waals surface area (Å²) in [6.07, 6.45) is 6.33. The molecule has 1 aliphatic heterocycles. The minimum absolute atomic E-state index is 0.103. The Hall–Kier alpha value is -2.56. The van der Waals surface area contributed by atoms with Crippen molar-refractivity contribution in [1.82, 2.24) is 4.98 Å². The number of benzene rings is 2. The van der Waals surface area contributed by atoms with Gasteiger partial charge < -0.3 is 10.2 Å². The number of hydrogen-bond acceptors (Lipinski definition) is 4. The molecule has 2 heterocycles. The van der Waals surface area contributed by atoms with E-state index in [4.69, 9.17) is 28.6 Å². The largest absolute Gasteiger partial charge is 0.373 e. The van der Waals surface area contributed by atoms with Gasteiger partial charge in [0.2, 0.25) is 0 Å². The van der Waals surface area contributed by atoms with Crippen LogP contribution in [0.3, 0.4) is 0 Å². The highest BCUT2D eigenvalue weighted by Gasteiger charge is 2.32. The molecule has 1 atom stereocenters. The number of anilines is 2. The third-order valence-electron chi connectivity index (χ3n) is 6.26. The Morgan fingerprint density at radius 3 is 2.48 bits per heavy atom. The molecule has 0 fully saturated rings. The second-order valence-corrected chi connectivity index (χ2v) is 9.39. The van der Waals surface area contributed by atoms with Crippen molar-refractivity contribution in [2.45, 2.75) is 51.6 Å². The summed E-state index contributed by atoms with van der Waals surface area (Å²) >= 11 is 12.6. The molecule has 1 unspecified atom stereocenters. The molecule has 2 N–H and O–H groups in total. The lowest BCUT2D eigenvalue weighted by Crippen LogP contribution is -2.44. The lowest BCUT2D eigenvalue weighted by molar-refractivity contribution is 0.486. The number of aromatic nitrogens is 1. The van der Waals surface area contributed by atoms with E-state index >= 15 is 0 Å². The maximum absolute atomic E-state index is 8.98. The van der Waals surface area contributed by atoms with Crippen LogP contribution in [-0.2, 0) is 0 Å². The summed E-state index contributed by atoms with van der Waals surface area (Å²) in [7, 11) is 0. The van der Waals surface area contributed by atoms with Crippen molar-refractivity contribution >= 4 is 40.3 Å². The lowest BCUT2D eigenvalue weighted by atomic mass is 9.95. The smallest absolute Gasteiger partial charge is 0.114 e. The van der Waals surface area contributed by atoms with Gasteiger partial charge in [-0.1, -0.05) is 80.2 Å². The highest BCUT2D eigenvalue weighted by molar-refractivity contribution is 6.37. The van der Waals surface area contributed by atoms with Gasteiger partial charge in [0.05, 0.1) is 28.2 Å². The first-order chi connectivity index (χ1) is 16.0. The Bertz CT molecular complexity index is 1110. The first-order valence-corrected chi connectivity index (χ1v) is 12.4. The van der Waals surface area contributed by atoms with Crippen LogP contribution in [0.2, 0.25) is 10.0 Å². The highest BCUT2D eigenvalue weighted by Crippen LogP contribution is 2.40. The van der Waals surface area contributed by atoms with E-state index in [0.29, 0.717) is 27.3 Å². The Kier molecular flexibility index (Phi) is 7.56. The van der Waals surface area contributed by atoms with Crippen LogP contribution in [0, 0.1) is 5.41 Å². The normalized spacial score (nSPS) is 15.3. The van der Waals surface area contributed by atoms with Gasteiger partial charge >= 0.3 is 0 Å². The molecule has 6 heteroatoms. The van der Waals surface area contributed by atoms with E-state index in [1.54, 1.807) is 24.4 Å². The maximum Gasteiger partial charge on any atom is 0.114 e. The van der Waals surface area contributed by atoms with Gasteiger partial charge in [0, 0.05) is 29.4 Å². The Balaban J connectivity index is 1.82. The monoisotopic (exact) mass is 480 g/mol. The molecule has 0 saturated heterocycles. The van der Waals surface area contributed by atoms with Gasteiger partial charge in [0.1, 0.15) is 5.69 Å². The predicted octanol–water partition coefficient (Wildman–Crippen LogP) is 7.75. The maximum atomic E-state index is 8.98. The summed E-state index contributed by atoms with van der Waals surface area (Å²) in [4.78, 5) is 7.17. The second-order valence-electron chi connectivity index (χ2n) is 8.54. The molecule has 0 amide bonds. The Morgan fingerprint density at radius 2 is 1.82 bits per heavy atom. The number of nitrogens with zero attached hydrogens (tertiary/aromatic N) is 2. The molecule has 2 aromatic carbocycles. The van der Waals surface area contributed by atoms with Crippen molar-refractivity contribution in [2.75, 3.05) is 16.8 Å². The molecule has 1 aromatic heterocycles. The highest BCUT2D eigenvalue weighted by atomic mass is 35.5. The molecular weight excluding hydrogens is 451 g/mol. The molecule has 172 valence electrons. The molecule has 0 bridgehead atoms. The van der Waals surface area contributed by atoms with Crippen molar-refractivity contribution < 1.29 is 0 Å². The summed E-state index contributed by atoms with van der Waals surface area (Å²) in [5.41, 5.74) is 4.74. The summed E-state index contributed by atoms with van der Waals surface area (Å²) in [6, 6.07) is 18.4. The van der Waals surface area contributed by atoms with E-state index in [9.17, 15) is 0 Å². The topological polar surface area (TPSA) is 52.0 Å². The van der Waals surface area contributed by atoms with Crippen LogP contribution < -0.4 is 10.2 Å². The average molecular weight is 481 g/mol. The Labute approximate surface area is 206 Å². The third-order valence-corrected chi connectivity index (χ3v) is 6.81. The van der Waals surface area contributed by atoms with Gasteiger partial charge in [-0.05, 0) is 42.7 Å². The first-order valence-electron chi connectivity index (χ1n) is 11.6. The predicted molar refractivity (Wildman–Crippen MR) is 140 cm³/mol. The van der Waals surface area contributed by atoms with Gasteiger partial charge in [0.15, 0.2) is 0 Å². The molecule has 4 rings (SSSR count). The number of fused-ring (bicyclic) bond motifs is 1. The first kappa shape index (κ1) is 23.6. The lowest BCUT2D eigenvalue weighted by Gasteiger charge is -2.42. The molecule has 0 spiro atoms. The fraction of sp³-hybridized carbons (Fsp3) is 0.333. The molecule has 0 aliphatic carbocycles. The van der Waals surface area contributed by atoms with E-state index < -0.39 is 0 Å². The van der Waals surface area contributed by atoms with Crippen molar-refractivity contribution in [3.05, 3.63) is 87.7 Å². The molecule has 0 radical (unpaired) electrons. The van der Waals surface area contributed by atoms with Crippen LogP contribution >= 0.6 is 23.2 Å². The molecule has 0 saturated carbocycles. The quantitative estimate of drug-likeness (QED) is 0.324. The van der Waals surface area contributed by atoms with E-state index in [0.717, 1.165) is 43.6 Å². The summed E-state index contributed by atoms with van der Waals surface area (Å²) < 4.78 is 0. The van der Waals surface area contributed by atoms with Gasteiger partial charge in [0.25, 0.3) is 0 Å². The van der Waals surface area contributed by atoms with Crippen molar-refractivity contribution in [1.29, 1.82) is 5.41 Å². The van der Waals surface area contributed by atoms with Gasteiger partial charge in [-0.2, -0.15) is 0 Å². The molecule has 4 nitrogen and oxygen atoms in total. The van der Waals surface area contributed by atoms with E-state index in [-0.39, 0.29) is 11.8 Å². The summed E-state index contributed by atoms with van der Waals surface area (Å²) in [6.45, 7) is 5.37. The fourth-order valence-corrected chi connectivity index (χ4v) is 5.20. The van der Waals surface area contributed by atoms with Crippen LogP contribution in [0.4, 0.5) is 11.4 Å². The molecule has 1 aliphatic rings. The standard InChI is InChI=1S/C27H30Cl2N4/c1-3-8-20(9-4-2)33-17-23(18-10-6-5-7-11-18)32-26-24(33)14-15-31-27(26)25(30)21-13-12-19(28)16-22(21)29/h5-7,10-16,20,23,30,32H,3-4,8-9,17H2,1-2H3. The number of rotatable bonds is 8. The minimum Gasteiger partial charge on any atom is -0.373 e. The van der Waals surface area contributed by atoms with Crippen molar-refractivity contribution in [3.63, 3.8) is 0 Å². The number of nitrogens with one attached hydrogen (secondary N) is 2. The zero-order valence-electron chi connectivity index (χ0n) is 19.1. The van der Waals surface area contributed by atoms with Crippen molar-refractivity contribution in [2.24, 2.45) is 0 Å². The molecular formula is C27H30Cl2N4. The van der Waals surface area contributed by atoms with Crippen LogP contribution in [0.15, 0.2) is 60.8 Å². The van der Waals surface area contributed by atoms with E-state index in [1.165, 1.54) is 5.56 Å². The van der Waals surface area contributed by atoms with Gasteiger partial charge in [-0.3, -0.25) is 10.4 Å². The average Bonchev–Trinajstić information content (AvgIpc) is 2.83. The zero-order valence-corrected chi connectivity index (χ0v) is 20.6. The van der Waals surface area contributed by atoms with E-state index in [2.05, 4.69) is 59.4 Å². The minimum atomic E-state index is 0.103. The van der Waals surface area contributed by atoms with Crippen molar-refractivity contribution in [3.8, 4) is 0 Å². The van der Waals surface area contributed by atoms with Crippen LogP contribution in [0.1, 0.15) is 62.4 Å². The summed E-state index contributed by atoms with van der Waals surface area (Å²) in [5, 5.41) is 13.7. The van der Waals surface area contributed by atoms with Gasteiger partial charge in [-0.25, -0.2) is 0 Å². The molecule has 33 heavy (non-hydrogen) atoms. The van der Waals surface area contributed by atoms with Crippen LogP contribution in [0.25, 0.3) is 0 Å².